The van der Waals surface area contributed by atoms with Crippen molar-refractivity contribution in [3.63, 3.8) is 0 Å². The van der Waals surface area contributed by atoms with Crippen molar-refractivity contribution in [3.8, 4) is 0 Å². The van der Waals surface area contributed by atoms with Gasteiger partial charge in [0.1, 0.15) is 0 Å². The van der Waals surface area contributed by atoms with E-state index < -0.39 is 20.0 Å². The molecule has 1 aliphatic rings. The van der Waals surface area contributed by atoms with E-state index in [0.29, 0.717) is 25.7 Å². The monoisotopic (exact) mass is 466 g/mol. The molecule has 0 bridgehead atoms. The van der Waals surface area contributed by atoms with Crippen molar-refractivity contribution in [1.82, 2.24) is 9.44 Å². The zero-order chi connectivity index (χ0) is 22.3. The molecule has 0 radical (unpaired) electrons. The highest BCUT2D eigenvalue weighted by Crippen LogP contribution is 2.21. The molecule has 1 fully saturated rings. The highest BCUT2D eigenvalue weighted by atomic mass is 32.2. The van der Waals surface area contributed by atoms with Crippen LogP contribution in [0.3, 0.4) is 0 Å². The summed E-state index contributed by atoms with van der Waals surface area (Å²) in [5.74, 6) is 0.264. The first kappa shape index (κ1) is 27.9. The molecular weight excluding hydrogens is 420 g/mol. The van der Waals surface area contributed by atoms with Gasteiger partial charge in [0.05, 0.1) is 11.5 Å². The lowest BCUT2D eigenvalue weighted by atomic mass is 9.92. The number of hydrogen-bond donors (Lipinski definition) is 2. The van der Waals surface area contributed by atoms with Gasteiger partial charge in [-0.3, -0.25) is 0 Å². The maximum atomic E-state index is 12.5. The summed E-state index contributed by atoms with van der Waals surface area (Å²) in [6.45, 7) is 4.33. The number of rotatable bonds is 18. The fourth-order valence-electron chi connectivity index (χ4n) is 4.14. The number of nitrogens with one attached hydrogen (secondary N) is 2. The van der Waals surface area contributed by atoms with Gasteiger partial charge in [0.25, 0.3) is 0 Å². The first-order valence-corrected chi connectivity index (χ1v) is 15.6. The fourth-order valence-corrected chi connectivity index (χ4v) is 7.03. The average molecular weight is 467 g/mol. The molecule has 6 nitrogen and oxygen atoms in total. The third kappa shape index (κ3) is 13.3. The molecule has 2 atom stereocenters. The molecule has 30 heavy (non-hydrogen) atoms. The lowest BCUT2D eigenvalue weighted by molar-refractivity contribution is 0.340. The summed E-state index contributed by atoms with van der Waals surface area (Å²) in [7, 11) is -6.75. The average Bonchev–Trinajstić information content (AvgIpc) is 2.68. The molecule has 0 heterocycles. The SMILES string of the molecule is CCCCCCCCS(=O)(=O)N[C@H]1CCCC[C@H]1NS(=O)(=O)CCCCCCCC. The van der Waals surface area contributed by atoms with E-state index in [1.54, 1.807) is 0 Å². The van der Waals surface area contributed by atoms with Gasteiger partial charge >= 0.3 is 0 Å². The van der Waals surface area contributed by atoms with Gasteiger partial charge in [-0.05, 0) is 25.7 Å². The normalized spacial score (nSPS) is 20.5. The molecular formula is C22H46N2O4S2. The van der Waals surface area contributed by atoms with E-state index >= 15 is 0 Å². The Morgan fingerprint density at radius 1 is 0.567 bits per heavy atom. The van der Waals surface area contributed by atoms with Gasteiger partial charge in [0, 0.05) is 12.1 Å². The molecule has 0 spiro atoms. The molecule has 180 valence electrons. The molecule has 0 unspecified atom stereocenters. The lowest BCUT2D eigenvalue weighted by Gasteiger charge is -2.32. The topological polar surface area (TPSA) is 92.3 Å². The number of sulfonamides is 2. The minimum Gasteiger partial charge on any atom is -0.212 e. The fraction of sp³-hybridized carbons (Fsp3) is 1.00. The van der Waals surface area contributed by atoms with E-state index in [1.165, 1.54) is 25.7 Å². The van der Waals surface area contributed by atoms with Crippen molar-refractivity contribution in [2.24, 2.45) is 0 Å². The molecule has 2 N–H and O–H groups in total. The zero-order valence-electron chi connectivity index (χ0n) is 19.3. The Balaban J connectivity index is 2.43. The Labute approximate surface area is 186 Å². The quantitative estimate of drug-likeness (QED) is 0.282. The van der Waals surface area contributed by atoms with Crippen molar-refractivity contribution < 1.29 is 16.8 Å². The molecule has 0 aliphatic heterocycles. The van der Waals surface area contributed by atoms with Crippen molar-refractivity contribution in [1.29, 1.82) is 0 Å². The third-order valence-corrected chi connectivity index (χ3v) is 8.94. The van der Waals surface area contributed by atoms with Crippen LogP contribution in [0.1, 0.15) is 117 Å². The molecule has 1 saturated carbocycles. The second-order valence-electron chi connectivity index (χ2n) is 8.91. The van der Waals surface area contributed by atoms with E-state index in [2.05, 4.69) is 23.3 Å². The number of hydrogen-bond acceptors (Lipinski definition) is 4. The first-order valence-electron chi connectivity index (χ1n) is 12.3. The van der Waals surface area contributed by atoms with Crippen molar-refractivity contribution in [3.05, 3.63) is 0 Å². The highest BCUT2D eigenvalue weighted by molar-refractivity contribution is 7.89. The van der Waals surface area contributed by atoms with Gasteiger partial charge in [-0.2, -0.15) is 0 Å². The molecule has 0 saturated heterocycles. The minimum atomic E-state index is -3.38. The maximum absolute atomic E-state index is 12.5. The van der Waals surface area contributed by atoms with Crippen molar-refractivity contribution in [2.75, 3.05) is 11.5 Å². The van der Waals surface area contributed by atoms with Gasteiger partial charge < -0.3 is 0 Å². The Hall–Kier alpha value is -0.180. The van der Waals surface area contributed by atoms with E-state index in [4.69, 9.17) is 0 Å². The standard InChI is InChI=1S/C22H46N2O4S2/c1-3-5-7-9-11-15-19-29(25,26)23-21-17-13-14-18-22(21)24-30(27,28)20-16-12-10-8-6-4-2/h21-24H,3-20H2,1-2H3/t21-,22+. The van der Waals surface area contributed by atoms with Crippen LogP contribution in [0.15, 0.2) is 0 Å². The largest absolute Gasteiger partial charge is 0.212 e. The maximum Gasteiger partial charge on any atom is 0.211 e. The summed E-state index contributed by atoms with van der Waals surface area (Å²) >= 11 is 0. The van der Waals surface area contributed by atoms with Crippen LogP contribution in [-0.4, -0.2) is 40.4 Å². The Morgan fingerprint density at radius 2 is 0.900 bits per heavy atom. The Kier molecular flexibility index (Phi) is 14.5. The Bertz CT molecular complexity index is 580. The molecule has 8 heteroatoms. The van der Waals surface area contributed by atoms with Gasteiger partial charge in [0.15, 0.2) is 0 Å². The lowest BCUT2D eigenvalue weighted by Crippen LogP contribution is -2.53. The van der Waals surface area contributed by atoms with Crippen molar-refractivity contribution in [2.45, 2.75) is 129 Å². The first-order chi connectivity index (χ1) is 14.3. The summed E-state index contributed by atoms with van der Waals surface area (Å²) in [5, 5.41) is 0. The van der Waals surface area contributed by atoms with Crippen LogP contribution < -0.4 is 9.44 Å². The van der Waals surface area contributed by atoms with Crippen LogP contribution in [-0.2, 0) is 20.0 Å². The van der Waals surface area contributed by atoms with Crippen LogP contribution >= 0.6 is 0 Å². The molecule has 1 rings (SSSR count). The van der Waals surface area contributed by atoms with Crippen LogP contribution in [0.2, 0.25) is 0 Å². The van der Waals surface area contributed by atoms with Gasteiger partial charge in [-0.25, -0.2) is 26.3 Å². The summed E-state index contributed by atoms with van der Waals surface area (Å²) in [6, 6.07) is -0.661. The predicted octanol–water partition coefficient (Wildman–Crippen LogP) is 4.86. The molecule has 0 aromatic rings. The second kappa shape index (κ2) is 15.6. The van der Waals surface area contributed by atoms with E-state index in [9.17, 15) is 16.8 Å². The third-order valence-electron chi connectivity index (χ3n) is 5.96. The van der Waals surface area contributed by atoms with Gasteiger partial charge in [0.2, 0.25) is 20.0 Å². The van der Waals surface area contributed by atoms with Gasteiger partial charge in [-0.15, -0.1) is 0 Å². The molecule has 1 aliphatic carbocycles. The zero-order valence-corrected chi connectivity index (χ0v) is 21.0. The van der Waals surface area contributed by atoms with Crippen LogP contribution in [0.4, 0.5) is 0 Å². The van der Waals surface area contributed by atoms with E-state index in [1.807, 2.05) is 0 Å². The van der Waals surface area contributed by atoms with Crippen LogP contribution in [0.5, 0.6) is 0 Å². The molecule has 0 aromatic heterocycles. The summed E-state index contributed by atoms with van der Waals surface area (Å²) in [4.78, 5) is 0. The highest BCUT2D eigenvalue weighted by Gasteiger charge is 2.31. The van der Waals surface area contributed by atoms with Gasteiger partial charge in [-0.1, -0.05) is 90.9 Å². The van der Waals surface area contributed by atoms with E-state index in [-0.39, 0.29) is 23.6 Å². The summed E-state index contributed by atoms with van der Waals surface area (Å²) < 4.78 is 55.6. The Morgan fingerprint density at radius 3 is 1.27 bits per heavy atom. The smallest absolute Gasteiger partial charge is 0.211 e. The molecule has 0 amide bonds. The predicted molar refractivity (Wildman–Crippen MR) is 127 cm³/mol. The van der Waals surface area contributed by atoms with Crippen LogP contribution in [0.25, 0.3) is 0 Å². The van der Waals surface area contributed by atoms with Crippen LogP contribution in [0, 0.1) is 0 Å². The number of unbranched alkanes of at least 4 members (excludes halogenated alkanes) is 10. The van der Waals surface area contributed by atoms with E-state index in [0.717, 1.165) is 51.4 Å². The van der Waals surface area contributed by atoms with Crippen molar-refractivity contribution >= 4 is 20.0 Å². The molecule has 0 aromatic carbocycles. The summed E-state index contributed by atoms with van der Waals surface area (Å²) in [6.07, 6.45) is 15.7. The minimum absolute atomic E-state index is 0.132. The second-order valence-corrected chi connectivity index (χ2v) is 12.7. The summed E-state index contributed by atoms with van der Waals surface area (Å²) in [5.41, 5.74) is 0.